The zero-order valence-electron chi connectivity index (χ0n) is 9.03. The van der Waals surface area contributed by atoms with Gasteiger partial charge in [-0.3, -0.25) is 4.79 Å². The summed E-state index contributed by atoms with van der Waals surface area (Å²) in [7, 11) is 0. The van der Waals surface area contributed by atoms with E-state index >= 15 is 0 Å². The Hall–Kier alpha value is -1.16. The highest BCUT2D eigenvalue weighted by atomic mass is 35.5. The largest absolute Gasteiger partial charge is 0.337 e. The van der Waals surface area contributed by atoms with Crippen molar-refractivity contribution in [2.75, 3.05) is 13.1 Å². The van der Waals surface area contributed by atoms with E-state index in [1.807, 2.05) is 4.90 Å². The van der Waals surface area contributed by atoms with Gasteiger partial charge in [-0.15, -0.1) is 0 Å². The van der Waals surface area contributed by atoms with Crippen LogP contribution in [0.15, 0.2) is 12.4 Å². The topological polar surface area (TPSA) is 46.1 Å². The molecule has 0 unspecified atom stereocenters. The Morgan fingerprint density at radius 3 is 2.38 bits per heavy atom. The molecule has 16 heavy (non-hydrogen) atoms. The lowest BCUT2D eigenvalue weighted by Gasteiger charge is -2.19. The molecule has 1 aromatic rings. The fraction of sp³-hybridized carbons (Fsp3) is 0.545. The number of halogens is 1. The zero-order valence-corrected chi connectivity index (χ0v) is 9.78. The maximum Gasteiger partial charge on any atom is 0.274 e. The number of rotatable bonds is 1. The Morgan fingerprint density at radius 2 is 1.81 bits per heavy atom. The SMILES string of the molecule is O=C(c1cnc(Cl)cn1)N1CCCCCC1. The summed E-state index contributed by atoms with van der Waals surface area (Å²) in [6.07, 6.45) is 7.41. The summed E-state index contributed by atoms with van der Waals surface area (Å²) in [6.45, 7) is 1.65. The van der Waals surface area contributed by atoms with Crippen LogP contribution in [0.3, 0.4) is 0 Å². The zero-order chi connectivity index (χ0) is 11.4. The predicted octanol–water partition coefficient (Wildman–Crippen LogP) is 2.15. The number of likely N-dealkylation sites (tertiary alicyclic amines) is 1. The minimum atomic E-state index is -0.0360. The standard InChI is InChI=1S/C11H14ClN3O/c12-10-8-13-9(7-14-10)11(16)15-5-3-1-2-4-6-15/h7-8H,1-6H2. The highest BCUT2D eigenvalue weighted by Gasteiger charge is 2.18. The molecule has 0 aromatic carbocycles. The smallest absolute Gasteiger partial charge is 0.274 e. The van der Waals surface area contributed by atoms with E-state index in [1.165, 1.54) is 25.2 Å². The van der Waals surface area contributed by atoms with Gasteiger partial charge >= 0.3 is 0 Å². The summed E-state index contributed by atoms with van der Waals surface area (Å²) in [5.74, 6) is -0.0360. The highest BCUT2D eigenvalue weighted by Crippen LogP contribution is 2.12. The molecule has 0 aliphatic carbocycles. The summed E-state index contributed by atoms with van der Waals surface area (Å²) in [6, 6.07) is 0. The summed E-state index contributed by atoms with van der Waals surface area (Å²) in [5, 5.41) is 0.312. The molecule has 0 radical (unpaired) electrons. The van der Waals surface area contributed by atoms with Crippen molar-refractivity contribution in [3.8, 4) is 0 Å². The lowest BCUT2D eigenvalue weighted by molar-refractivity contribution is 0.0755. The van der Waals surface area contributed by atoms with Crippen LogP contribution in [0.1, 0.15) is 36.2 Å². The minimum Gasteiger partial charge on any atom is -0.337 e. The molecule has 1 fully saturated rings. The third kappa shape index (κ3) is 2.70. The van der Waals surface area contributed by atoms with Crippen molar-refractivity contribution >= 4 is 17.5 Å². The Labute approximate surface area is 99.6 Å². The van der Waals surface area contributed by atoms with E-state index in [4.69, 9.17) is 11.6 Å². The van der Waals surface area contributed by atoms with E-state index in [0.29, 0.717) is 10.8 Å². The van der Waals surface area contributed by atoms with E-state index in [1.54, 1.807) is 0 Å². The van der Waals surface area contributed by atoms with Crippen molar-refractivity contribution < 1.29 is 4.79 Å². The summed E-state index contributed by atoms with van der Waals surface area (Å²) >= 11 is 5.63. The van der Waals surface area contributed by atoms with Gasteiger partial charge in [-0.1, -0.05) is 24.4 Å². The molecule has 0 saturated carbocycles. The first-order valence-corrected chi connectivity index (χ1v) is 5.92. The third-order valence-electron chi connectivity index (χ3n) is 2.73. The average molecular weight is 240 g/mol. The van der Waals surface area contributed by atoms with Crippen LogP contribution in [0.25, 0.3) is 0 Å². The molecule has 0 spiro atoms. The summed E-state index contributed by atoms with van der Waals surface area (Å²) in [4.78, 5) is 21.8. The second kappa shape index (κ2) is 5.25. The fourth-order valence-electron chi connectivity index (χ4n) is 1.86. The number of carbonyl (C=O) groups is 1. The van der Waals surface area contributed by atoms with Gasteiger partial charge in [0.1, 0.15) is 10.8 Å². The maximum absolute atomic E-state index is 12.0. The average Bonchev–Trinajstić information content (AvgIpc) is 2.57. The lowest BCUT2D eigenvalue weighted by atomic mass is 10.2. The van der Waals surface area contributed by atoms with Crippen LogP contribution in [0.4, 0.5) is 0 Å². The molecular weight excluding hydrogens is 226 g/mol. The Bertz CT molecular complexity index is 358. The summed E-state index contributed by atoms with van der Waals surface area (Å²) in [5.41, 5.74) is 0.381. The number of amides is 1. The van der Waals surface area contributed by atoms with E-state index in [2.05, 4.69) is 9.97 Å². The Morgan fingerprint density at radius 1 is 1.12 bits per heavy atom. The van der Waals surface area contributed by atoms with Crippen LogP contribution in [-0.2, 0) is 0 Å². The van der Waals surface area contributed by atoms with Gasteiger partial charge in [-0.25, -0.2) is 9.97 Å². The van der Waals surface area contributed by atoms with Gasteiger partial charge in [-0.2, -0.15) is 0 Å². The molecule has 4 nitrogen and oxygen atoms in total. The number of nitrogens with zero attached hydrogens (tertiary/aromatic N) is 3. The fourth-order valence-corrected chi connectivity index (χ4v) is 1.96. The number of hydrogen-bond donors (Lipinski definition) is 0. The second-order valence-electron chi connectivity index (χ2n) is 3.93. The predicted molar refractivity (Wildman–Crippen MR) is 61.4 cm³/mol. The van der Waals surface area contributed by atoms with Crippen molar-refractivity contribution in [3.63, 3.8) is 0 Å². The van der Waals surface area contributed by atoms with Crippen molar-refractivity contribution in [1.29, 1.82) is 0 Å². The number of hydrogen-bond acceptors (Lipinski definition) is 3. The van der Waals surface area contributed by atoms with Gasteiger partial charge in [0, 0.05) is 13.1 Å². The first-order chi connectivity index (χ1) is 7.77. The molecular formula is C11H14ClN3O. The molecule has 5 heteroatoms. The molecule has 1 aromatic heterocycles. The lowest BCUT2D eigenvalue weighted by Crippen LogP contribution is -2.32. The molecule has 1 amide bonds. The van der Waals surface area contributed by atoms with E-state index in [0.717, 1.165) is 25.9 Å². The maximum atomic E-state index is 12.0. The Kier molecular flexibility index (Phi) is 3.72. The monoisotopic (exact) mass is 239 g/mol. The van der Waals surface area contributed by atoms with Crippen LogP contribution >= 0.6 is 11.6 Å². The van der Waals surface area contributed by atoms with Gasteiger partial charge in [0.15, 0.2) is 0 Å². The molecule has 1 saturated heterocycles. The molecule has 86 valence electrons. The van der Waals surface area contributed by atoms with Gasteiger partial charge in [0.2, 0.25) is 0 Å². The molecule has 2 heterocycles. The Balaban J connectivity index is 2.08. The van der Waals surface area contributed by atoms with E-state index in [-0.39, 0.29) is 5.91 Å². The van der Waals surface area contributed by atoms with Crippen LogP contribution in [0.5, 0.6) is 0 Å². The molecule has 0 N–H and O–H groups in total. The first-order valence-electron chi connectivity index (χ1n) is 5.54. The van der Waals surface area contributed by atoms with Crippen molar-refractivity contribution in [1.82, 2.24) is 14.9 Å². The van der Waals surface area contributed by atoms with Crippen molar-refractivity contribution in [2.45, 2.75) is 25.7 Å². The number of carbonyl (C=O) groups excluding carboxylic acids is 1. The quantitative estimate of drug-likeness (QED) is 0.754. The van der Waals surface area contributed by atoms with Crippen LogP contribution < -0.4 is 0 Å². The van der Waals surface area contributed by atoms with Crippen molar-refractivity contribution in [3.05, 3.63) is 23.2 Å². The van der Waals surface area contributed by atoms with Gasteiger partial charge in [0.25, 0.3) is 5.91 Å². The van der Waals surface area contributed by atoms with Crippen molar-refractivity contribution in [2.24, 2.45) is 0 Å². The van der Waals surface area contributed by atoms with Gasteiger partial charge in [-0.05, 0) is 12.8 Å². The van der Waals surface area contributed by atoms with Gasteiger partial charge in [0.05, 0.1) is 12.4 Å². The third-order valence-corrected chi connectivity index (χ3v) is 2.93. The second-order valence-corrected chi connectivity index (χ2v) is 4.32. The summed E-state index contributed by atoms with van der Waals surface area (Å²) < 4.78 is 0. The highest BCUT2D eigenvalue weighted by molar-refractivity contribution is 6.29. The molecule has 0 atom stereocenters. The molecule has 2 rings (SSSR count). The van der Waals surface area contributed by atoms with E-state index in [9.17, 15) is 4.79 Å². The van der Waals surface area contributed by atoms with Crippen LogP contribution in [-0.4, -0.2) is 33.9 Å². The first kappa shape index (κ1) is 11.3. The molecule has 1 aliphatic heterocycles. The van der Waals surface area contributed by atoms with E-state index < -0.39 is 0 Å². The number of aromatic nitrogens is 2. The molecule has 1 aliphatic rings. The van der Waals surface area contributed by atoms with Gasteiger partial charge < -0.3 is 4.90 Å². The van der Waals surface area contributed by atoms with Crippen LogP contribution in [0, 0.1) is 0 Å². The minimum absolute atomic E-state index is 0.0360. The normalized spacial score (nSPS) is 16.9. The van der Waals surface area contributed by atoms with Crippen LogP contribution in [0.2, 0.25) is 5.15 Å². The molecule has 0 bridgehead atoms.